The van der Waals surface area contributed by atoms with Crippen molar-refractivity contribution >= 4 is 50.4 Å². The number of anilines is 2. The molecule has 1 aliphatic heterocycles. The SMILES string of the molecule is O=C(NCCCCN1CCCN(c2csc3cc(F)ccc23)CC1)Nc1cc(C(F)(F)F)ccc1Cl. The van der Waals surface area contributed by atoms with Gasteiger partial charge < -0.3 is 20.4 Å². The van der Waals surface area contributed by atoms with E-state index >= 15 is 0 Å². The largest absolute Gasteiger partial charge is 0.416 e. The molecule has 2 aromatic carbocycles. The fourth-order valence-corrected chi connectivity index (χ4v) is 5.45. The fraction of sp³-hybridized carbons (Fsp3) is 0.400. The van der Waals surface area contributed by atoms with Crippen LogP contribution in [0.2, 0.25) is 5.02 Å². The maximum atomic E-state index is 13.5. The molecule has 0 radical (unpaired) electrons. The smallest absolute Gasteiger partial charge is 0.369 e. The lowest BCUT2D eigenvalue weighted by atomic mass is 10.2. The van der Waals surface area contributed by atoms with E-state index in [1.807, 2.05) is 6.07 Å². The van der Waals surface area contributed by atoms with Crippen molar-refractivity contribution < 1.29 is 22.4 Å². The number of amides is 2. The molecular weight excluding hydrogens is 516 g/mol. The third-order valence-electron chi connectivity index (χ3n) is 6.17. The van der Waals surface area contributed by atoms with Crippen LogP contribution in [0.1, 0.15) is 24.8 Å². The van der Waals surface area contributed by atoms with Crippen LogP contribution in [-0.4, -0.2) is 50.2 Å². The van der Waals surface area contributed by atoms with Crippen molar-refractivity contribution in [1.82, 2.24) is 10.2 Å². The van der Waals surface area contributed by atoms with Crippen LogP contribution >= 0.6 is 22.9 Å². The second-order valence-electron chi connectivity index (χ2n) is 8.72. The lowest BCUT2D eigenvalue weighted by Gasteiger charge is -2.23. The van der Waals surface area contributed by atoms with E-state index in [1.165, 1.54) is 6.07 Å². The average molecular weight is 543 g/mol. The van der Waals surface area contributed by atoms with Gasteiger partial charge in [-0.25, -0.2) is 9.18 Å². The van der Waals surface area contributed by atoms with Crippen LogP contribution in [0.25, 0.3) is 10.1 Å². The van der Waals surface area contributed by atoms with E-state index < -0.39 is 17.8 Å². The van der Waals surface area contributed by atoms with Crippen LogP contribution in [0, 0.1) is 5.82 Å². The van der Waals surface area contributed by atoms with E-state index in [1.54, 1.807) is 17.4 Å². The molecule has 0 spiro atoms. The minimum atomic E-state index is -4.52. The summed E-state index contributed by atoms with van der Waals surface area (Å²) in [5, 5.41) is 8.28. The summed E-state index contributed by atoms with van der Waals surface area (Å²) in [6.45, 7) is 5.03. The third kappa shape index (κ3) is 6.80. The minimum absolute atomic E-state index is 0.0379. The van der Waals surface area contributed by atoms with Gasteiger partial charge in [0.15, 0.2) is 0 Å². The molecule has 3 aromatic rings. The number of carbonyl (C=O) groups is 1. The Morgan fingerprint density at radius 3 is 2.69 bits per heavy atom. The Kier molecular flexibility index (Phi) is 8.58. The van der Waals surface area contributed by atoms with Gasteiger partial charge in [-0.05, 0) is 68.8 Å². The van der Waals surface area contributed by atoms with Crippen LogP contribution < -0.4 is 15.5 Å². The highest BCUT2D eigenvalue weighted by molar-refractivity contribution is 7.17. The monoisotopic (exact) mass is 542 g/mol. The summed E-state index contributed by atoms with van der Waals surface area (Å²) in [4.78, 5) is 16.9. The summed E-state index contributed by atoms with van der Waals surface area (Å²) < 4.78 is 53.1. The molecule has 2 heterocycles. The molecule has 1 fully saturated rings. The van der Waals surface area contributed by atoms with Gasteiger partial charge in [-0.3, -0.25) is 0 Å². The zero-order valence-corrected chi connectivity index (χ0v) is 21.1. The molecule has 11 heteroatoms. The Hall–Kier alpha value is -2.56. The summed E-state index contributed by atoms with van der Waals surface area (Å²) in [5.74, 6) is -0.218. The normalized spacial score (nSPS) is 15.2. The highest BCUT2D eigenvalue weighted by Crippen LogP contribution is 2.35. The lowest BCUT2D eigenvalue weighted by Crippen LogP contribution is -2.32. The number of thiophene rings is 1. The molecule has 0 unspecified atom stereocenters. The number of nitrogens with zero attached hydrogens (tertiary/aromatic N) is 2. The van der Waals surface area contributed by atoms with E-state index in [0.29, 0.717) is 6.54 Å². The van der Waals surface area contributed by atoms with Crippen molar-refractivity contribution in [2.24, 2.45) is 0 Å². The minimum Gasteiger partial charge on any atom is -0.369 e. The van der Waals surface area contributed by atoms with Gasteiger partial charge in [0.25, 0.3) is 0 Å². The number of unbranched alkanes of at least 4 members (excludes halogenated alkanes) is 1. The van der Waals surface area contributed by atoms with Crippen LogP contribution in [0.5, 0.6) is 0 Å². The Bertz CT molecular complexity index is 1200. The quantitative estimate of drug-likeness (QED) is 0.254. The number of carbonyl (C=O) groups excluding carboxylic acids is 1. The molecule has 0 aliphatic carbocycles. The van der Waals surface area contributed by atoms with Crippen molar-refractivity contribution in [3.8, 4) is 0 Å². The number of benzene rings is 2. The molecule has 2 N–H and O–H groups in total. The predicted molar refractivity (Wildman–Crippen MR) is 138 cm³/mol. The van der Waals surface area contributed by atoms with Crippen molar-refractivity contribution in [1.29, 1.82) is 0 Å². The molecule has 0 atom stereocenters. The summed E-state index contributed by atoms with van der Waals surface area (Å²) in [6.07, 6.45) is -1.87. The molecule has 36 heavy (non-hydrogen) atoms. The molecular formula is C25H27ClF4N4OS. The van der Waals surface area contributed by atoms with Crippen LogP contribution in [0.4, 0.5) is 33.7 Å². The maximum absolute atomic E-state index is 13.5. The predicted octanol–water partition coefficient (Wildman–Crippen LogP) is 6.83. The fourth-order valence-electron chi connectivity index (χ4n) is 4.29. The van der Waals surface area contributed by atoms with E-state index in [-0.39, 0.29) is 16.5 Å². The zero-order chi connectivity index (χ0) is 25.7. The molecule has 1 aromatic heterocycles. The lowest BCUT2D eigenvalue weighted by molar-refractivity contribution is -0.137. The second-order valence-corrected chi connectivity index (χ2v) is 10.0. The van der Waals surface area contributed by atoms with Crippen molar-refractivity contribution in [3.63, 3.8) is 0 Å². The van der Waals surface area contributed by atoms with Crippen LogP contribution in [0.15, 0.2) is 41.8 Å². The number of nitrogens with one attached hydrogen (secondary N) is 2. The van der Waals surface area contributed by atoms with Gasteiger partial charge in [-0.15, -0.1) is 11.3 Å². The van der Waals surface area contributed by atoms with Crippen LogP contribution in [-0.2, 0) is 6.18 Å². The summed E-state index contributed by atoms with van der Waals surface area (Å²) in [7, 11) is 0. The van der Waals surface area contributed by atoms with Crippen molar-refractivity contribution in [2.45, 2.75) is 25.4 Å². The zero-order valence-electron chi connectivity index (χ0n) is 19.5. The van der Waals surface area contributed by atoms with Crippen molar-refractivity contribution in [3.05, 3.63) is 58.2 Å². The first-order valence-electron chi connectivity index (χ1n) is 11.8. The van der Waals surface area contributed by atoms with Gasteiger partial charge in [0.2, 0.25) is 0 Å². The standard InChI is InChI=1S/C25H27ClF4N4OS/c26-20-7-4-17(25(28,29)30)14-21(20)32-24(35)31-8-1-2-9-33-10-3-11-34(13-12-33)22-16-36-23-15-18(27)5-6-19(22)23/h4-7,14-16H,1-3,8-13H2,(H2,31,32,35). The van der Waals surface area contributed by atoms with Crippen molar-refractivity contribution in [2.75, 3.05) is 49.5 Å². The number of alkyl halides is 3. The first-order valence-corrected chi connectivity index (χ1v) is 13.0. The summed E-state index contributed by atoms with van der Waals surface area (Å²) in [6, 6.07) is 7.15. The number of urea groups is 1. The van der Waals surface area contributed by atoms with E-state index in [4.69, 9.17) is 11.6 Å². The molecule has 4 rings (SSSR count). The molecule has 5 nitrogen and oxygen atoms in total. The number of fused-ring (bicyclic) bond motifs is 1. The van der Waals surface area contributed by atoms with E-state index in [2.05, 4.69) is 25.8 Å². The Balaban J connectivity index is 1.18. The van der Waals surface area contributed by atoms with E-state index in [9.17, 15) is 22.4 Å². The van der Waals surface area contributed by atoms with E-state index in [0.717, 1.165) is 86.0 Å². The Morgan fingerprint density at radius 1 is 1.06 bits per heavy atom. The maximum Gasteiger partial charge on any atom is 0.416 e. The van der Waals surface area contributed by atoms with Crippen LogP contribution in [0.3, 0.4) is 0 Å². The second kappa shape index (κ2) is 11.7. The van der Waals surface area contributed by atoms with Gasteiger partial charge in [0.05, 0.1) is 22.0 Å². The Labute approximate surface area is 216 Å². The first-order chi connectivity index (χ1) is 17.2. The van der Waals surface area contributed by atoms with Gasteiger partial charge in [-0.2, -0.15) is 13.2 Å². The van der Waals surface area contributed by atoms with Gasteiger partial charge in [-0.1, -0.05) is 11.6 Å². The van der Waals surface area contributed by atoms with Gasteiger partial charge >= 0.3 is 12.2 Å². The van der Waals surface area contributed by atoms with Gasteiger partial charge in [0, 0.05) is 41.6 Å². The molecule has 0 bridgehead atoms. The number of hydrogen-bond donors (Lipinski definition) is 2. The molecule has 0 saturated carbocycles. The number of halogens is 5. The topological polar surface area (TPSA) is 47.6 Å². The van der Waals surface area contributed by atoms with Gasteiger partial charge in [0.1, 0.15) is 5.82 Å². The molecule has 2 amide bonds. The highest BCUT2D eigenvalue weighted by Gasteiger charge is 2.31. The highest BCUT2D eigenvalue weighted by atomic mass is 35.5. The summed E-state index contributed by atoms with van der Waals surface area (Å²) in [5.41, 5.74) is 0.203. The average Bonchev–Trinajstić information content (AvgIpc) is 3.09. The third-order valence-corrected chi connectivity index (χ3v) is 7.44. The Morgan fingerprint density at radius 2 is 1.89 bits per heavy atom. The number of rotatable bonds is 7. The first kappa shape index (κ1) is 26.5. The molecule has 1 saturated heterocycles. The molecule has 194 valence electrons. The summed E-state index contributed by atoms with van der Waals surface area (Å²) >= 11 is 7.48. The molecule has 1 aliphatic rings. The number of hydrogen-bond acceptors (Lipinski definition) is 4.